The van der Waals surface area contributed by atoms with Crippen molar-refractivity contribution in [2.45, 2.75) is 51.0 Å². The van der Waals surface area contributed by atoms with Crippen LogP contribution in [0.1, 0.15) is 31.7 Å². The van der Waals surface area contributed by atoms with E-state index in [1.165, 1.54) is 6.92 Å². The first-order valence-electron chi connectivity index (χ1n) is 8.79. The van der Waals surface area contributed by atoms with E-state index in [0.29, 0.717) is 19.8 Å². The number of hydrogen-bond donors (Lipinski definition) is 1. The van der Waals surface area contributed by atoms with Gasteiger partial charge in [0.25, 0.3) is 0 Å². The second-order valence-electron chi connectivity index (χ2n) is 6.60. The van der Waals surface area contributed by atoms with Gasteiger partial charge in [-0.25, -0.2) is 0 Å². The van der Waals surface area contributed by atoms with Gasteiger partial charge in [-0.05, 0) is 30.9 Å². The number of nitrogens with zero attached hydrogens (tertiary/aromatic N) is 2. The Morgan fingerprint density at radius 1 is 1.40 bits per heavy atom. The van der Waals surface area contributed by atoms with Crippen molar-refractivity contribution in [3.8, 4) is 0 Å². The number of amides is 2. The summed E-state index contributed by atoms with van der Waals surface area (Å²) in [6.07, 6.45) is 6.32. The minimum atomic E-state index is -0.185. The summed E-state index contributed by atoms with van der Waals surface area (Å²) in [7, 11) is 0. The standard InChI is InChI=1S/C18H25N3O4/c1-13(22)20-10-18(23)21-8-6-17-16(21)5-4-15(25-17)12-24-11-14-3-2-7-19-9-14/h2-3,7,9,15-17H,4-6,8,10-12H2,1H3,(H,20,22)/t15-,16-,17-/m0/s1. The number of nitrogens with one attached hydrogen (secondary N) is 1. The summed E-state index contributed by atoms with van der Waals surface area (Å²) in [5.41, 5.74) is 1.05. The lowest BCUT2D eigenvalue weighted by molar-refractivity contribution is -0.139. The van der Waals surface area contributed by atoms with E-state index in [9.17, 15) is 9.59 Å². The summed E-state index contributed by atoms with van der Waals surface area (Å²) in [5.74, 6) is -0.215. The Bertz CT molecular complexity index is 595. The molecule has 3 atom stereocenters. The number of carbonyl (C=O) groups is 2. The van der Waals surface area contributed by atoms with Crippen molar-refractivity contribution in [3.63, 3.8) is 0 Å². The smallest absolute Gasteiger partial charge is 0.242 e. The molecule has 1 aromatic heterocycles. The molecule has 2 fully saturated rings. The minimum Gasteiger partial charge on any atom is -0.374 e. The molecule has 2 amide bonds. The number of aromatic nitrogens is 1. The van der Waals surface area contributed by atoms with Crippen molar-refractivity contribution >= 4 is 11.8 Å². The zero-order chi connectivity index (χ0) is 17.6. The molecule has 7 nitrogen and oxygen atoms in total. The van der Waals surface area contributed by atoms with Crippen molar-refractivity contribution in [2.24, 2.45) is 0 Å². The molecule has 0 saturated carbocycles. The molecule has 1 N–H and O–H groups in total. The lowest BCUT2D eigenvalue weighted by Gasteiger charge is -2.36. The summed E-state index contributed by atoms with van der Waals surface area (Å²) in [6, 6.07) is 4.00. The van der Waals surface area contributed by atoms with Gasteiger partial charge in [-0.1, -0.05) is 6.07 Å². The van der Waals surface area contributed by atoms with Gasteiger partial charge in [-0.3, -0.25) is 14.6 Å². The van der Waals surface area contributed by atoms with Gasteiger partial charge in [0.2, 0.25) is 11.8 Å². The number of carbonyl (C=O) groups excluding carboxylic acids is 2. The molecule has 0 radical (unpaired) electrons. The number of likely N-dealkylation sites (tertiary alicyclic amines) is 1. The van der Waals surface area contributed by atoms with Crippen molar-refractivity contribution in [2.75, 3.05) is 19.7 Å². The van der Waals surface area contributed by atoms with Crippen LogP contribution in [-0.4, -0.2) is 59.6 Å². The molecule has 7 heteroatoms. The van der Waals surface area contributed by atoms with E-state index in [1.807, 2.05) is 17.0 Å². The molecule has 0 spiro atoms. The van der Waals surface area contributed by atoms with Gasteiger partial charge >= 0.3 is 0 Å². The summed E-state index contributed by atoms with van der Waals surface area (Å²) in [6.45, 7) is 3.26. The number of pyridine rings is 1. The van der Waals surface area contributed by atoms with Crippen LogP contribution in [0, 0.1) is 0 Å². The zero-order valence-corrected chi connectivity index (χ0v) is 14.5. The maximum atomic E-state index is 12.2. The Kier molecular flexibility index (Phi) is 5.99. The quantitative estimate of drug-likeness (QED) is 0.826. The fourth-order valence-electron chi connectivity index (χ4n) is 3.52. The van der Waals surface area contributed by atoms with Crippen molar-refractivity contribution < 1.29 is 19.1 Å². The molecule has 3 heterocycles. The van der Waals surface area contributed by atoms with Crippen LogP contribution >= 0.6 is 0 Å². The van der Waals surface area contributed by atoms with E-state index in [-0.39, 0.29) is 36.6 Å². The summed E-state index contributed by atoms with van der Waals surface area (Å²) >= 11 is 0. The topological polar surface area (TPSA) is 80.8 Å². The molecule has 2 saturated heterocycles. The van der Waals surface area contributed by atoms with E-state index in [2.05, 4.69) is 10.3 Å². The van der Waals surface area contributed by atoms with Gasteiger partial charge < -0.3 is 19.7 Å². The highest BCUT2D eigenvalue weighted by Crippen LogP contribution is 2.31. The van der Waals surface area contributed by atoms with E-state index in [0.717, 1.165) is 24.8 Å². The van der Waals surface area contributed by atoms with Gasteiger partial charge in [0.15, 0.2) is 0 Å². The third-order valence-corrected chi connectivity index (χ3v) is 4.74. The maximum Gasteiger partial charge on any atom is 0.242 e. The molecule has 2 aliphatic rings. The first-order chi connectivity index (χ1) is 12.1. The Morgan fingerprint density at radius 3 is 3.04 bits per heavy atom. The molecule has 2 aliphatic heterocycles. The average molecular weight is 347 g/mol. The predicted octanol–water partition coefficient (Wildman–Crippen LogP) is 0.883. The molecule has 0 bridgehead atoms. The van der Waals surface area contributed by atoms with Gasteiger partial charge in [-0.2, -0.15) is 0 Å². The second-order valence-corrected chi connectivity index (χ2v) is 6.60. The van der Waals surface area contributed by atoms with Crippen LogP contribution in [0.25, 0.3) is 0 Å². The Morgan fingerprint density at radius 2 is 2.28 bits per heavy atom. The molecule has 0 aliphatic carbocycles. The Balaban J connectivity index is 1.42. The van der Waals surface area contributed by atoms with Crippen LogP contribution in [0.3, 0.4) is 0 Å². The zero-order valence-electron chi connectivity index (χ0n) is 14.5. The number of hydrogen-bond acceptors (Lipinski definition) is 5. The predicted molar refractivity (Wildman–Crippen MR) is 90.6 cm³/mol. The summed E-state index contributed by atoms with van der Waals surface area (Å²) in [5, 5.41) is 2.57. The van der Waals surface area contributed by atoms with Gasteiger partial charge in [0, 0.05) is 25.9 Å². The van der Waals surface area contributed by atoms with Crippen LogP contribution in [0.4, 0.5) is 0 Å². The van der Waals surface area contributed by atoms with E-state index >= 15 is 0 Å². The molecule has 3 rings (SSSR count). The normalized spacial score (nSPS) is 25.5. The third-order valence-electron chi connectivity index (χ3n) is 4.74. The molecular formula is C18H25N3O4. The Labute approximate surface area is 147 Å². The lowest BCUT2D eigenvalue weighted by atomic mass is 9.99. The molecular weight excluding hydrogens is 322 g/mol. The van der Waals surface area contributed by atoms with Gasteiger partial charge in [0.1, 0.15) is 0 Å². The lowest BCUT2D eigenvalue weighted by Crippen LogP contribution is -2.48. The van der Waals surface area contributed by atoms with Gasteiger partial charge in [-0.15, -0.1) is 0 Å². The number of rotatable bonds is 6. The Hall–Kier alpha value is -1.99. The van der Waals surface area contributed by atoms with E-state index < -0.39 is 0 Å². The van der Waals surface area contributed by atoms with Crippen molar-refractivity contribution in [3.05, 3.63) is 30.1 Å². The first-order valence-corrected chi connectivity index (χ1v) is 8.79. The van der Waals surface area contributed by atoms with Gasteiger partial charge in [0.05, 0.1) is 38.0 Å². The fourth-order valence-corrected chi connectivity index (χ4v) is 3.52. The molecule has 25 heavy (non-hydrogen) atoms. The van der Waals surface area contributed by atoms with Crippen molar-refractivity contribution in [1.82, 2.24) is 15.2 Å². The van der Waals surface area contributed by atoms with E-state index in [4.69, 9.17) is 9.47 Å². The maximum absolute atomic E-state index is 12.2. The van der Waals surface area contributed by atoms with Crippen LogP contribution in [0.2, 0.25) is 0 Å². The highest BCUT2D eigenvalue weighted by Gasteiger charge is 2.41. The largest absolute Gasteiger partial charge is 0.374 e. The molecule has 1 aromatic rings. The minimum absolute atomic E-state index is 0.0300. The molecule has 0 unspecified atom stereocenters. The van der Waals surface area contributed by atoms with Crippen LogP contribution in [0.5, 0.6) is 0 Å². The van der Waals surface area contributed by atoms with Crippen molar-refractivity contribution in [1.29, 1.82) is 0 Å². The summed E-state index contributed by atoms with van der Waals surface area (Å²) in [4.78, 5) is 29.1. The van der Waals surface area contributed by atoms with E-state index in [1.54, 1.807) is 12.4 Å². The number of fused-ring (bicyclic) bond motifs is 1. The van der Waals surface area contributed by atoms with Crippen LogP contribution in [0.15, 0.2) is 24.5 Å². The third kappa shape index (κ3) is 4.76. The number of ether oxygens (including phenoxy) is 2. The fraction of sp³-hybridized carbons (Fsp3) is 0.611. The highest BCUT2D eigenvalue weighted by molar-refractivity contribution is 5.84. The first kappa shape index (κ1) is 17.8. The van der Waals surface area contributed by atoms with Crippen LogP contribution in [-0.2, 0) is 25.7 Å². The average Bonchev–Trinajstić information content (AvgIpc) is 3.04. The second kappa shape index (κ2) is 8.40. The SMILES string of the molecule is CC(=O)NCC(=O)N1CC[C@@H]2O[C@H](COCc3cccnc3)CC[C@@H]21. The molecule has 0 aromatic carbocycles. The van der Waals surface area contributed by atoms with Crippen LogP contribution < -0.4 is 5.32 Å². The molecule has 136 valence electrons. The monoisotopic (exact) mass is 347 g/mol. The summed E-state index contributed by atoms with van der Waals surface area (Å²) < 4.78 is 11.9. The highest BCUT2D eigenvalue weighted by atomic mass is 16.5.